The molecule has 1 heterocycles. The summed E-state index contributed by atoms with van der Waals surface area (Å²) in [6.07, 6.45) is 1.16. The number of carboxylic acids is 2. The fraction of sp³-hybridized carbons (Fsp3) is 0.450. The zero-order valence-electron chi connectivity index (χ0n) is 16.1. The van der Waals surface area contributed by atoms with Crippen LogP contribution in [0.4, 0.5) is 4.79 Å². The molecule has 0 spiro atoms. The Kier molecular flexibility index (Phi) is 4.82. The lowest BCUT2D eigenvalue weighted by atomic mass is 10.1. The smallest absolute Gasteiger partial charge is 0.407 e. The van der Waals surface area contributed by atoms with E-state index in [1.54, 1.807) is 37.5 Å². The third kappa shape index (κ3) is 4.27. The van der Waals surface area contributed by atoms with E-state index >= 15 is 0 Å². The Bertz CT molecular complexity index is 949. The molecule has 28 heavy (non-hydrogen) atoms. The van der Waals surface area contributed by atoms with Crippen molar-refractivity contribution in [2.45, 2.75) is 45.8 Å². The number of benzene rings is 1. The molecule has 8 heteroatoms. The lowest BCUT2D eigenvalue weighted by molar-refractivity contribution is 0.0511. The Hall–Kier alpha value is -3.03. The highest BCUT2D eigenvalue weighted by atomic mass is 16.6. The van der Waals surface area contributed by atoms with Crippen LogP contribution in [0.5, 0.6) is 0 Å². The molecule has 0 atom stereocenters. The van der Waals surface area contributed by atoms with E-state index in [0.29, 0.717) is 24.0 Å². The number of ether oxygens (including phenoxy) is 1. The zero-order chi connectivity index (χ0) is 20.7. The van der Waals surface area contributed by atoms with Crippen molar-refractivity contribution in [3.05, 3.63) is 35.5 Å². The zero-order valence-corrected chi connectivity index (χ0v) is 16.1. The number of carboxylic acid groups (broad SMARTS) is 2. The van der Waals surface area contributed by atoms with E-state index in [2.05, 4.69) is 5.32 Å². The first kappa shape index (κ1) is 19.7. The summed E-state index contributed by atoms with van der Waals surface area (Å²) in [5, 5.41) is 22.3. The van der Waals surface area contributed by atoms with Gasteiger partial charge < -0.3 is 24.8 Å². The van der Waals surface area contributed by atoms with Crippen molar-refractivity contribution in [2.75, 3.05) is 6.54 Å². The van der Waals surface area contributed by atoms with Crippen molar-refractivity contribution in [1.29, 1.82) is 0 Å². The van der Waals surface area contributed by atoms with Crippen LogP contribution < -0.4 is 5.32 Å². The molecule has 1 aromatic heterocycles. The van der Waals surface area contributed by atoms with Gasteiger partial charge in [-0.2, -0.15) is 0 Å². The summed E-state index contributed by atoms with van der Waals surface area (Å²) < 4.78 is 6.89. The van der Waals surface area contributed by atoms with E-state index in [1.165, 1.54) is 12.1 Å². The van der Waals surface area contributed by atoms with E-state index in [0.717, 1.165) is 12.8 Å². The van der Waals surface area contributed by atoms with Gasteiger partial charge in [-0.1, -0.05) is 6.07 Å². The van der Waals surface area contributed by atoms with Gasteiger partial charge >= 0.3 is 18.0 Å². The van der Waals surface area contributed by atoms with E-state index in [-0.39, 0.29) is 16.7 Å². The highest BCUT2D eigenvalue weighted by Gasteiger charge is 2.44. The molecule has 0 unspecified atom stereocenters. The van der Waals surface area contributed by atoms with Crippen LogP contribution in [-0.2, 0) is 11.3 Å². The van der Waals surface area contributed by atoms with Gasteiger partial charge in [-0.15, -0.1) is 0 Å². The van der Waals surface area contributed by atoms with Crippen molar-refractivity contribution >= 4 is 28.9 Å². The number of nitrogens with one attached hydrogen (secondary N) is 1. The van der Waals surface area contributed by atoms with Crippen LogP contribution in [0.1, 0.15) is 54.5 Å². The standard InChI is InChI=1S/C20H24N2O6/c1-19(2,3)28-18(27)21-10-20(6-7-20)11-22-14-9-13(16(23)24)5-4-12(14)8-15(22)17(25)26/h4-5,8-9H,6-7,10-11H2,1-3H3,(H,21,27)(H,23,24)(H,25,26). The summed E-state index contributed by atoms with van der Waals surface area (Å²) in [6.45, 7) is 6.08. The molecule has 2 aromatic rings. The summed E-state index contributed by atoms with van der Waals surface area (Å²) in [5.74, 6) is -2.15. The van der Waals surface area contributed by atoms with E-state index in [4.69, 9.17) is 4.74 Å². The van der Waals surface area contributed by atoms with Crippen molar-refractivity contribution in [3.63, 3.8) is 0 Å². The van der Waals surface area contributed by atoms with E-state index in [1.807, 2.05) is 0 Å². The maximum Gasteiger partial charge on any atom is 0.407 e. The Morgan fingerprint density at radius 1 is 1.14 bits per heavy atom. The second-order valence-electron chi connectivity index (χ2n) is 8.36. The second-order valence-corrected chi connectivity index (χ2v) is 8.36. The predicted octanol–water partition coefficient (Wildman–Crippen LogP) is 3.34. The quantitative estimate of drug-likeness (QED) is 0.698. The average molecular weight is 388 g/mol. The number of alkyl carbamates (subject to hydrolysis) is 1. The van der Waals surface area contributed by atoms with E-state index in [9.17, 15) is 24.6 Å². The molecule has 3 rings (SSSR count). The van der Waals surface area contributed by atoms with Crippen molar-refractivity contribution in [3.8, 4) is 0 Å². The molecule has 1 amide bonds. The van der Waals surface area contributed by atoms with Crippen LogP contribution in [0, 0.1) is 5.41 Å². The van der Waals surface area contributed by atoms with Crippen molar-refractivity contribution < 1.29 is 29.3 Å². The van der Waals surface area contributed by atoms with Gasteiger partial charge in [-0.25, -0.2) is 14.4 Å². The average Bonchev–Trinajstić information content (AvgIpc) is 3.25. The van der Waals surface area contributed by atoms with Gasteiger partial charge in [0.15, 0.2) is 0 Å². The van der Waals surface area contributed by atoms with E-state index < -0.39 is 23.6 Å². The molecule has 0 bridgehead atoms. The fourth-order valence-corrected chi connectivity index (χ4v) is 3.21. The minimum absolute atomic E-state index is 0.0977. The number of aromatic carboxylic acids is 2. The first-order valence-corrected chi connectivity index (χ1v) is 9.06. The van der Waals surface area contributed by atoms with Gasteiger partial charge in [0, 0.05) is 29.4 Å². The molecule has 0 saturated heterocycles. The van der Waals surface area contributed by atoms with Crippen LogP contribution in [0.2, 0.25) is 0 Å². The highest BCUT2D eigenvalue weighted by molar-refractivity contribution is 5.98. The maximum absolute atomic E-state index is 11.9. The number of hydrogen-bond donors (Lipinski definition) is 3. The number of amides is 1. The minimum Gasteiger partial charge on any atom is -0.478 e. The molecule has 8 nitrogen and oxygen atoms in total. The van der Waals surface area contributed by atoms with Gasteiger partial charge in [0.25, 0.3) is 0 Å². The molecule has 150 valence electrons. The number of aromatic nitrogens is 1. The van der Waals surface area contributed by atoms with Gasteiger partial charge in [-0.05, 0) is 51.8 Å². The molecule has 0 radical (unpaired) electrons. The molecule has 1 fully saturated rings. The summed E-state index contributed by atoms with van der Waals surface area (Å²) in [5.41, 5.74) is -0.115. The molecule has 1 aromatic carbocycles. The topological polar surface area (TPSA) is 118 Å². The Morgan fingerprint density at radius 2 is 1.82 bits per heavy atom. The lowest BCUT2D eigenvalue weighted by Gasteiger charge is -2.22. The number of carbonyl (C=O) groups excluding carboxylic acids is 1. The van der Waals surface area contributed by atoms with Gasteiger partial charge in [-0.3, -0.25) is 0 Å². The van der Waals surface area contributed by atoms with Gasteiger partial charge in [0.05, 0.1) is 5.56 Å². The molecule has 1 saturated carbocycles. The first-order valence-electron chi connectivity index (χ1n) is 9.06. The summed E-state index contributed by atoms with van der Waals surface area (Å²) in [7, 11) is 0. The largest absolute Gasteiger partial charge is 0.478 e. The van der Waals surface area contributed by atoms with Crippen LogP contribution >= 0.6 is 0 Å². The minimum atomic E-state index is -1.08. The Morgan fingerprint density at radius 3 is 2.36 bits per heavy atom. The SMILES string of the molecule is CC(C)(C)OC(=O)NCC1(Cn2c(C(=O)O)cc3ccc(C(=O)O)cc32)CC1. The van der Waals surface area contributed by atoms with Crippen LogP contribution in [-0.4, -0.2) is 45.0 Å². The van der Waals surface area contributed by atoms with Gasteiger partial charge in [0.1, 0.15) is 11.3 Å². The van der Waals surface area contributed by atoms with Crippen molar-refractivity contribution in [1.82, 2.24) is 9.88 Å². The Balaban J connectivity index is 1.85. The number of nitrogens with zero attached hydrogens (tertiary/aromatic N) is 1. The lowest BCUT2D eigenvalue weighted by Crippen LogP contribution is -2.37. The second kappa shape index (κ2) is 6.85. The number of hydrogen-bond acceptors (Lipinski definition) is 4. The summed E-state index contributed by atoms with van der Waals surface area (Å²) in [6, 6.07) is 6.10. The van der Waals surface area contributed by atoms with Gasteiger partial charge in [0.2, 0.25) is 0 Å². The molecule has 1 aliphatic carbocycles. The number of fused-ring (bicyclic) bond motifs is 1. The Labute approximate surface area is 162 Å². The number of carbonyl (C=O) groups is 3. The molecule has 1 aliphatic rings. The van der Waals surface area contributed by atoms with Crippen LogP contribution in [0.3, 0.4) is 0 Å². The van der Waals surface area contributed by atoms with Crippen LogP contribution in [0.15, 0.2) is 24.3 Å². The normalized spacial score (nSPS) is 15.2. The third-order valence-corrected chi connectivity index (χ3v) is 4.83. The molecular formula is C20H24N2O6. The molecular weight excluding hydrogens is 364 g/mol. The van der Waals surface area contributed by atoms with Crippen LogP contribution in [0.25, 0.3) is 10.9 Å². The first-order chi connectivity index (χ1) is 13.0. The maximum atomic E-state index is 11.9. The molecule has 0 aliphatic heterocycles. The fourth-order valence-electron chi connectivity index (χ4n) is 3.21. The number of rotatable bonds is 6. The molecule has 3 N–H and O–H groups in total. The predicted molar refractivity (Wildman–Crippen MR) is 102 cm³/mol. The van der Waals surface area contributed by atoms with Crippen molar-refractivity contribution in [2.24, 2.45) is 5.41 Å². The highest BCUT2D eigenvalue weighted by Crippen LogP contribution is 2.47. The summed E-state index contributed by atoms with van der Waals surface area (Å²) in [4.78, 5) is 35.0. The monoisotopic (exact) mass is 388 g/mol. The summed E-state index contributed by atoms with van der Waals surface area (Å²) >= 11 is 0. The third-order valence-electron chi connectivity index (χ3n) is 4.83.